The number of halogens is 1. The number of aryl methyl sites for hydroxylation is 1. The van der Waals surface area contributed by atoms with Gasteiger partial charge in [-0.2, -0.15) is 0 Å². The van der Waals surface area contributed by atoms with E-state index in [9.17, 15) is 19.5 Å². The molecule has 4 atom stereocenters. The number of rotatable bonds is 6. The fourth-order valence-corrected chi connectivity index (χ4v) is 10.5. The Morgan fingerprint density at radius 2 is 2.02 bits per heavy atom. The van der Waals surface area contributed by atoms with Crippen LogP contribution in [-0.4, -0.2) is 43.1 Å². The number of fused-ring (bicyclic) bond motifs is 5. The molecule has 0 spiro atoms. The third-order valence-corrected chi connectivity index (χ3v) is 13.3. The largest absolute Gasteiger partial charge is 0.458 e. The van der Waals surface area contributed by atoms with Gasteiger partial charge in [-0.1, -0.05) is 30.2 Å². The Bertz CT molecular complexity index is 2090. The van der Waals surface area contributed by atoms with Crippen LogP contribution in [0.5, 0.6) is 0 Å². The van der Waals surface area contributed by atoms with Crippen molar-refractivity contribution in [3.05, 3.63) is 86.1 Å². The standard InChI is InChI=1S/C36H35FN4O6S2/c1-3-36(45)22-14-26-32-20(16-41(26)33(42)21(22)17-46-34(36)43)31-24(12-11-19-18(2)23(37)15-25(39-32)30(19)31)40-35(44)47-27-8-4-5-9-28(27)48-49-29-10-6-7-13-38-29/h6-7,10,13-15,24,27-28,45H,3-5,8-9,11-12,16-17H2,1-2H3,(H,40,44)/t24?,27-,28-,36-/m0/s1. The van der Waals surface area contributed by atoms with Crippen molar-refractivity contribution < 1.29 is 28.6 Å². The van der Waals surface area contributed by atoms with Gasteiger partial charge in [-0.05, 0) is 91.1 Å². The van der Waals surface area contributed by atoms with Gasteiger partial charge in [0.05, 0.1) is 40.3 Å². The minimum atomic E-state index is -1.97. The van der Waals surface area contributed by atoms with Crippen LogP contribution in [0.2, 0.25) is 0 Å². The highest BCUT2D eigenvalue weighted by Gasteiger charge is 2.46. The van der Waals surface area contributed by atoms with E-state index >= 15 is 4.39 Å². The summed E-state index contributed by atoms with van der Waals surface area (Å²) < 4.78 is 28.2. The highest BCUT2D eigenvalue weighted by molar-refractivity contribution is 8.76. The first-order valence-corrected chi connectivity index (χ1v) is 18.9. The van der Waals surface area contributed by atoms with Crippen LogP contribution >= 0.6 is 21.6 Å². The molecule has 49 heavy (non-hydrogen) atoms. The Kier molecular flexibility index (Phi) is 8.19. The number of aromatic nitrogens is 3. The van der Waals surface area contributed by atoms with E-state index in [1.807, 2.05) is 18.2 Å². The number of hydrogen-bond acceptors (Lipinski definition) is 10. The summed E-state index contributed by atoms with van der Waals surface area (Å²) >= 11 is 0. The molecule has 0 saturated heterocycles. The van der Waals surface area contributed by atoms with Crippen molar-refractivity contribution >= 4 is 44.6 Å². The summed E-state index contributed by atoms with van der Waals surface area (Å²) in [5, 5.41) is 16.3. The minimum absolute atomic E-state index is 0.0229. The van der Waals surface area contributed by atoms with Crippen molar-refractivity contribution in [2.45, 2.75) is 100.0 Å². The van der Waals surface area contributed by atoms with Gasteiger partial charge in [-0.25, -0.2) is 23.9 Å². The predicted molar refractivity (Wildman–Crippen MR) is 184 cm³/mol. The Labute approximate surface area is 289 Å². The van der Waals surface area contributed by atoms with Crippen molar-refractivity contribution in [3.63, 3.8) is 0 Å². The fraction of sp³-hybridized carbons (Fsp3) is 0.417. The number of cyclic esters (lactones) is 1. The van der Waals surface area contributed by atoms with Gasteiger partial charge in [0.2, 0.25) is 0 Å². The molecule has 5 heterocycles. The number of nitrogens with one attached hydrogen (secondary N) is 1. The van der Waals surface area contributed by atoms with E-state index in [2.05, 4.69) is 10.3 Å². The van der Waals surface area contributed by atoms with Crippen molar-refractivity contribution in [1.82, 2.24) is 19.9 Å². The Balaban J connectivity index is 1.15. The van der Waals surface area contributed by atoms with Crippen LogP contribution in [0.25, 0.3) is 22.3 Å². The third kappa shape index (κ3) is 5.32. The highest BCUT2D eigenvalue weighted by atomic mass is 33.1. The average Bonchev–Trinajstić information content (AvgIpc) is 3.48. The first-order valence-electron chi connectivity index (χ1n) is 16.7. The van der Waals surface area contributed by atoms with Gasteiger partial charge < -0.3 is 24.5 Å². The van der Waals surface area contributed by atoms with Crippen molar-refractivity contribution in [1.29, 1.82) is 0 Å². The molecule has 1 fully saturated rings. The molecule has 1 saturated carbocycles. The third-order valence-electron chi connectivity index (χ3n) is 10.5. The van der Waals surface area contributed by atoms with Crippen LogP contribution in [0.3, 0.4) is 0 Å². The summed E-state index contributed by atoms with van der Waals surface area (Å²) in [5.74, 6) is -1.18. The molecule has 2 N–H and O–H groups in total. The van der Waals surface area contributed by atoms with Gasteiger partial charge in [0, 0.05) is 28.8 Å². The van der Waals surface area contributed by atoms with Crippen LogP contribution in [0.4, 0.5) is 9.18 Å². The molecule has 1 unspecified atom stereocenters. The number of esters is 1. The number of carbonyl (C=O) groups is 2. The zero-order valence-electron chi connectivity index (χ0n) is 27.1. The second-order valence-electron chi connectivity index (χ2n) is 13.2. The smallest absolute Gasteiger partial charge is 0.407 e. The molecule has 3 aromatic heterocycles. The van der Waals surface area contributed by atoms with Crippen molar-refractivity contribution in [3.8, 4) is 11.4 Å². The van der Waals surface area contributed by atoms with Gasteiger partial charge >= 0.3 is 12.1 Å². The lowest BCUT2D eigenvalue weighted by Crippen LogP contribution is -2.44. The van der Waals surface area contributed by atoms with E-state index in [1.54, 1.807) is 52.3 Å². The molecule has 4 aliphatic rings. The molecule has 13 heteroatoms. The fourth-order valence-electron chi connectivity index (χ4n) is 7.83. The lowest BCUT2D eigenvalue weighted by molar-refractivity contribution is -0.172. The predicted octanol–water partition coefficient (Wildman–Crippen LogP) is 6.39. The van der Waals surface area contributed by atoms with Gasteiger partial charge in [-0.15, -0.1) is 0 Å². The topological polar surface area (TPSA) is 133 Å². The zero-order chi connectivity index (χ0) is 34.0. The van der Waals surface area contributed by atoms with Gasteiger partial charge in [-0.3, -0.25) is 4.79 Å². The number of benzene rings is 1. The monoisotopic (exact) mass is 702 g/mol. The van der Waals surface area contributed by atoms with Gasteiger partial charge in [0.15, 0.2) is 5.60 Å². The van der Waals surface area contributed by atoms with Crippen LogP contribution in [0.15, 0.2) is 46.3 Å². The number of aliphatic hydroxyl groups is 1. The molecule has 1 aromatic carbocycles. The van der Waals surface area contributed by atoms with Crippen molar-refractivity contribution in [2.24, 2.45) is 0 Å². The van der Waals surface area contributed by atoms with E-state index in [0.29, 0.717) is 35.3 Å². The summed E-state index contributed by atoms with van der Waals surface area (Å²) in [7, 11) is 3.27. The van der Waals surface area contributed by atoms with Crippen LogP contribution in [0, 0.1) is 12.7 Å². The molecule has 4 aromatic rings. The number of carbonyl (C=O) groups excluding carboxylic acids is 2. The highest BCUT2D eigenvalue weighted by Crippen LogP contribution is 2.46. The quantitative estimate of drug-likeness (QED) is 0.152. The molecular formula is C36H35FN4O6S2. The first kappa shape index (κ1) is 32.3. The van der Waals surface area contributed by atoms with Gasteiger partial charge in [0.1, 0.15) is 23.6 Å². The number of nitrogens with zero attached hydrogens (tertiary/aromatic N) is 3. The minimum Gasteiger partial charge on any atom is -0.458 e. The second kappa shape index (κ2) is 12.4. The summed E-state index contributed by atoms with van der Waals surface area (Å²) in [4.78, 5) is 49.5. The maximum atomic E-state index is 15.3. The SMILES string of the molecule is CC[C@@]1(O)C(=O)OCc2c1cc1n(c2=O)Cc2c-1nc1cc(F)c(C)c3c1c2C(NC(=O)O[C@H]1CCCC[C@@H]1SSc1ccccn1)CC3. The average molecular weight is 703 g/mol. The van der Waals surface area contributed by atoms with E-state index in [1.165, 1.54) is 6.07 Å². The Morgan fingerprint density at radius 1 is 1.18 bits per heavy atom. The van der Waals surface area contributed by atoms with E-state index in [4.69, 9.17) is 14.5 Å². The molecule has 254 valence electrons. The first-order chi connectivity index (χ1) is 23.7. The Hall–Kier alpha value is -3.94. The number of ether oxygens (including phenoxy) is 2. The van der Waals surface area contributed by atoms with Gasteiger partial charge in [0.25, 0.3) is 5.56 Å². The van der Waals surface area contributed by atoms with E-state index < -0.39 is 23.7 Å². The van der Waals surface area contributed by atoms with Crippen LogP contribution in [0.1, 0.15) is 84.9 Å². The Morgan fingerprint density at radius 3 is 2.82 bits per heavy atom. The molecule has 8 rings (SSSR count). The number of alkyl carbamates (subject to hydrolysis) is 1. The molecule has 10 nitrogen and oxygen atoms in total. The number of hydrogen-bond donors (Lipinski definition) is 2. The molecule has 0 radical (unpaired) electrons. The molecule has 2 aliphatic carbocycles. The number of amides is 1. The maximum Gasteiger partial charge on any atom is 0.407 e. The zero-order valence-corrected chi connectivity index (χ0v) is 28.7. The molecular weight excluding hydrogens is 668 g/mol. The molecule has 0 bridgehead atoms. The lowest BCUT2D eigenvalue weighted by Gasteiger charge is -2.32. The van der Waals surface area contributed by atoms with Crippen LogP contribution in [-0.2, 0) is 39.4 Å². The lowest BCUT2D eigenvalue weighted by atomic mass is 9.81. The summed E-state index contributed by atoms with van der Waals surface area (Å²) in [6.45, 7) is 3.34. The second-order valence-corrected chi connectivity index (χ2v) is 15.6. The summed E-state index contributed by atoms with van der Waals surface area (Å²) in [5.41, 5.74) is 2.31. The maximum absolute atomic E-state index is 15.3. The van der Waals surface area contributed by atoms with E-state index in [0.717, 1.165) is 52.8 Å². The normalized spacial score (nSPS) is 23.8. The summed E-state index contributed by atoms with van der Waals surface area (Å²) in [6.07, 6.45) is 5.80. The van der Waals surface area contributed by atoms with Crippen LogP contribution < -0.4 is 10.9 Å². The number of pyridine rings is 3. The molecule has 2 aliphatic heterocycles. The van der Waals surface area contributed by atoms with E-state index in [-0.39, 0.29) is 53.4 Å². The summed E-state index contributed by atoms with van der Waals surface area (Å²) in [6, 6.07) is 8.37. The van der Waals surface area contributed by atoms with Crippen molar-refractivity contribution in [2.75, 3.05) is 0 Å². The molecule has 1 amide bonds.